The lowest BCUT2D eigenvalue weighted by molar-refractivity contribution is -0.142. The molecule has 0 radical (unpaired) electrons. The van der Waals surface area contributed by atoms with E-state index >= 15 is 0 Å². The lowest BCUT2D eigenvalue weighted by atomic mass is 10.0. The Morgan fingerprint density at radius 1 is 1.17 bits per heavy atom. The Labute approximate surface area is 173 Å². The molecule has 1 aromatic carbocycles. The van der Waals surface area contributed by atoms with Crippen molar-refractivity contribution in [2.45, 2.75) is 46.1 Å². The molecular formula is C21H26N2O7. The van der Waals surface area contributed by atoms with Gasteiger partial charge in [0.25, 0.3) is 0 Å². The van der Waals surface area contributed by atoms with E-state index in [1.165, 1.54) is 12.1 Å². The number of phenols is 1. The number of hydrogen-bond donors (Lipinski definition) is 4. The number of amides is 2. The average molecular weight is 418 g/mol. The second kappa shape index (κ2) is 9.91. The van der Waals surface area contributed by atoms with Crippen molar-refractivity contribution in [1.82, 2.24) is 10.6 Å². The molecule has 0 spiro atoms. The van der Waals surface area contributed by atoms with Gasteiger partial charge in [-0.1, -0.05) is 13.8 Å². The van der Waals surface area contributed by atoms with Gasteiger partial charge in [-0.05, 0) is 43.4 Å². The number of rotatable bonds is 9. The van der Waals surface area contributed by atoms with E-state index in [0.29, 0.717) is 16.5 Å². The van der Waals surface area contributed by atoms with E-state index in [4.69, 9.17) is 9.52 Å². The maximum atomic E-state index is 12.2. The first-order chi connectivity index (χ1) is 14.1. The number of nitrogens with one attached hydrogen (secondary N) is 2. The average Bonchev–Trinajstić information content (AvgIpc) is 2.64. The molecular weight excluding hydrogens is 392 g/mol. The highest BCUT2D eigenvalue weighted by Gasteiger charge is 2.21. The molecule has 0 aliphatic heterocycles. The smallest absolute Gasteiger partial charge is 0.339 e. The van der Waals surface area contributed by atoms with Crippen LogP contribution < -0.4 is 16.3 Å². The van der Waals surface area contributed by atoms with Gasteiger partial charge in [-0.15, -0.1) is 0 Å². The fourth-order valence-electron chi connectivity index (χ4n) is 3.12. The summed E-state index contributed by atoms with van der Waals surface area (Å²) in [5.41, 5.74) is 0.673. The van der Waals surface area contributed by atoms with Crippen molar-refractivity contribution in [3.05, 3.63) is 39.7 Å². The van der Waals surface area contributed by atoms with Crippen LogP contribution in [0.25, 0.3) is 11.0 Å². The molecule has 2 rings (SSSR count). The predicted molar refractivity (Wildman–Crippen MR) is 109 cm³/mol. The standard InChI is InChI=1S/C21H26N2O7/c1-11(2)8-16(20(27)28)23-19(26)10-22-18(25)7-6-15-12(3)14-5-4-13(24)9-17(14)30-21(15)29/h4-5,9,11,16,24H,6-8,10H2,1-3H3,(H,22,25)(H,23,26)(H,27,28)/t16-/m0/s1. The van der Waals surface area contributed by atoms with Crippen LogP contribution in [0.3, 0.4) is 0 Å². The number of aliphatic carboxylic acids is 1. The van der Waals surface area contributed by atoms with Crippen molar-refractivity contribution in [2.24, 2.45) is 5.92 Å². The number of hydrogen-bond acceptors (Lipinski definition) is 6. The fraction of sp³-hybridized carbons (Fsp3) is 0.429. The van der Waals surface area contributed by atoms with E-state index in [9.17, 15) is 24.3 Å². The summed E-state index contributed by atoms with van der Waals surface area (Å²) in [6.45, 7) is 5.07. The Morgan fingerprint density at radius 2 is 1.87 bits per heavy atom. The Hall–Kier alpha value is -3.36. The quantitative estimate of drug-likeness (QED) is 0.451. The van der Waals surface area contributed by atoms with Crippen LogP contribution in [-0.4, -0.2) is 40.6 Å². The predicted octanol–water partition coefficient (Wildman–Crippen LogP) is 1.47. The van der Waals surface area contributed by atoms with Crippen LogP contribution in [0.2, 0.25) is 0 Å². The van der Waals surface area contributed by atoms with Crippen LogP contribution in [0.5, 0.6) is 5.75 Å². The minimum atomic E-state index is -1.13. The SMILES string of the molecule is Cc1c(CCC(=O)NCC(=O)N[C@@H](CC(C)C)C(=O)O)c(=O)oc2cc(O)ccc12. The molecule has 9 nitrogen and oxygen atoms in total. The van der Waals surface area contributed by atoms with E-state index in [1.807, 2.05) is 13.8 Å². The van der Waals surface area contributed by atoms with Crippen molar-refractivity contribution in [3.63, 3.8) is 0 Å². The number of fused-ring (bicyclic) bond motifs is 1. The highest BCUT2D eigenvalue weighted by Crippen LogP contribution is 2.23. The van der Waals surface area contributed by atoms with E-state index in [0.717, 1.165) is 0 Å². The summed E-state index contributed by atoms with van der Waals surface area (Å²) in [7, 11) is 0. The molecule has 0 unspecified atom stereocenters. The van der Waals surface area contributed by atoms with Crippen LogP contribution >= 0.6 is 0 Å². The second-order valence-corrected chi connectivity index (χ2v) is 7.54. The number of carboxylic acid groups (broad SMARTS) is 1. The number of carbonyl (C=O) groups is 3. The zero-order valence-corrected chi connectivity index (χ0v) is 17.2. The van der Waals surface area contributed by atoms with Gasteiger partial charge in [-0.2, -0.15) is 0 Å². The maximum Gasteiger partial charge on any atom is 0.339 e. The van der Waals surface area contributed by atoms with Gasteiger partial charge in [0.05, 0.1) is 6.54 Å². The molecule has 4 N–H and O–H groups in total. The third-order valence-electron chi connectivity index (χ3n) is 4.66. The summed E-state index contributed by atoms with van der Waals surface area (Å²) in [5, 5.41) is 24.1. The minimum absolute atomic E-state index is 0.0195. The van der Waals surface area contributed by atoms with E-state index in [1.54, 1.807) is 13.0 Å². The molecule has 0 fully saturated rings. The molecule has 0 saturated heterocycles. The third-order valence-corrected chi connectivity index (χ3v) is 4.66. The first-order valence-electron chi connectivity index (χ1n) is 9.62. The molecule has 1 heterocycles. The zero-order chi connectivity index (χ0) is 22.4. The number of aryl methyl sites for hydroxylation is 1. The molecule has 0 saturated carbocycles. The Balaban J connectivity index is 1.93. The first kappa shape index (κ1) is 22.9. The highest BCUT2D eigenvalue weighted by atomic mass is 16.4. The van der Waals surface area contributed by atoms with Gasteiger partial charge >= 0.3 is 11.6 Å². The summed E-state index contributed by atoms with van der Waals surface area (Å²) in [4.78, 5) is 47.4. The Bertz CT molecular complexity index is 1010. The van der Waals surface area contributed by atoms with Crippen LogP contribution in [0, 0.1) is 12.8 Å². The summed E-state index contributed by atoms with van der Waals surface area (Å²) in [6, 6.07) is 3.45. The summed E-state index contributed by atoms with van der Waals surface area (Å²) in [5.74, 6) is -2.12. The molecule has 1 atom stereocenters. The highest BCUT2D eigenvalue weighted by molar-refractivity contribution is 5.88. The third kappa shape index (κ3) is 6.07. The van der Waals surface area contributed by atoms with Crippen LogP contribution in [-0.2, 0) is 20.8 Å². The van der Waals surface area contributed by atoms with E-state index in [2.05, 4.69) is 10.6 Å². The normalized spacial score (nSPS) is 12.0. The van der Waals surface area contributed by atoms with Crippen LogP contribution in [0.1, 0.15) is 37.8 Å². The van der Waals surface area contributed by atoms with Gasteiger partial charge < -0.3 is 25.3 Å². The molecule has 1 aromatic heterocycles. The Kier molecular flexibility index (Phi) is 7.57. The van der Waals surface area contributed by atoms with Crippen molar-refractivity contribution in [3.8, 4) is 5.75 Å². The zero-order valence-electron chi connectivity index (χ0n) is 17.2. The number of benzene rings is 1. The summed E-state index contributed by atoms with van der Waals surface area (Å²) in [6.07, 6.45) is 0.351. The van der Waals surface area contributed by atoms with Crippen molar-refractivity contribution < 1.29 is 29.0 Å². The minimum Gasteiger partial charge on any atom is -0.508 e. The molecule has 9 heteroatoms. The lowest BCUT2D eigenvalue weighted by Crippen LogP contribution is -2.46. The van der Waals surface area contributed by atoms with Gasteiger partial charge in [0.2, 0.25) is 11.8 Å². The number of carboxylic acids is 1. The molecule has 0 aliphatic carbocycles. The molecule has 0 aliphatic rings. The molecule has 2 amide bonds. The van der Waals surface area contributed by atoms with Gasteiger partial charge in [0.1, 0.15) is 17.4 Å². The summed E-state index contributed by atoms with van der Waals surface area (Å²) < 4.78 is 5.22. The van der Waals surface area contributed by atoms with E-state index < -0.39 is 29.5 Å². The maximum absolute atomic E-state index is 12.2. The van der Waals surface area contributed by atoms with Crippen molar-refractivity contribution >= 4 is 28.8 Å². The van der Waals surface area contributed by atoms with Crippen molar-refractivity contribution in [1.29, 1.82) is 0 Å². The second-order valence-electron chi connectivity index (χ2n) is 7.54. The Morgan fingerprint density at radius 3 is 2.50 bits per heavy atom. The number of phenolic OH excluding ortho intramolecular Hbond substituents is 1. The molecule has 162 valence electrons. The first-order valence-corrected chi connectivity index (χ1v) is 9.62. The number of carbonyl (C=O) groups excluding carboxylic acids is 2. The fourth-order valence-corrected chi connectivity index (χ4v) is 3.12. The molecule has 0 bridgehead atoms. The van der Waals surface area contributed by atoms with Gasteiger partial charge in [0.15, 0.2) is 0 Å². The summed E-state index contributed by atoms with van der Waals surface area (Å²) >= 11 is 0. The van der Waals surface area contributed by atoms with Crippen LogP contribution in [0.15, 0.2) is 27.4 Å². The van der Waals surface area contributed by atoms with Gasteiger partial charge in [0, 0.05) is 23.4 Å². The lowest BCUT2D eigenvalue weighted by Gasteiger charge is -2.16. The number of aromatic hydroxyl groups is 1. The van der Waals surface area contributed by atoms with Gasteiger partial charge in [-0.25, -0.2) is 9.59 Å². The van der Waals surface area contributed by atoms with Crippen molar-refractivity contribution in [2.75, 3.05) is 6.54 Å². The monoisotopic (exact) mass is 418 g/mol. The molecule has 30 heavy (non-hydrogen) atoms. The van der Waals surface area contributed by atoms with Crippen LogP contribution in [0.4, 0.5) is 0 Å². The largest absolute Gasteiger partial charge is 0.508 e. The van der Waals surface area contributed by atoms with E-state index in [-0.39, 0.29) is 43.1 Å². The molecule has 2 aromatic rings. The van der Waals surface area contributed by atoms with Gasteiger partial charge in [-0.3, -0.25) is 9.59 Å². The topological polar surface area (TPSA) is 146 Å².